The molecule has 5 atom stereocenters. The topological polar surface area (TPSA) is 237 Å². The van der Waals surface area contributed by atoms with E-state index in [1.165, 1.54) is 270 Å². The number of carbonyl (C=O) groups is 4. The first-order valence-electron chi connectivity index (χ1n) is 43.1. The monoisotopic (exact) mass is 1490 g/mol. The molecule has 2 unspecified atom stereocenters. The van der Waals surface area contributed by atoms with Gasteiger partial charge in [-0.2, -0.15) is 0 Å². The van der Waals surface area contributed by atoms with Crippen molar-refractivity contribution in [3.05, 3.63) is 0 Å². The van der Waals surface area contributed by atoms with Gasteiger partial charge < -0.3 is 33.8 Å². The lowest BCUT2D eigenvalue weighted by Gasteiger charge is -2.21. The van der Waals surface area contributed by atoms with E-state index in [2.05, 4.69) is 34.6 Å². The van der Waals surface area contributed by atoms with Crippen molar-refractivity contribution in [3.8, 4) is 0 Å². The highest BCUT2D eigenvalue weighted by Gasteiger charge is 2.30. The fraction of sp³-hybridized carbons (Fsp3) is 0.952. The predicted molar refractivity (Wildman–Crippen MR) is 418 cm³/mol. The highest BCUT2D eigenvalue weighted by atomic mass is 31.2. The highest BCUT2D eigenvalue weighted by Crippen LogP contribution is 2.45. The SMILES string of the molecule is CCCCCCCCCCCCCCCCCCCCCCCC(=O)O[C@H](COC(=O)CCCCCCCCCCCCCCCCC(C)C)COP(=O)(O)OC[C@@H](O)COP(=O)(O)OC[C@@H](COC(=O)CCCCCCCCCCCCC)OC(=O)CCCCCCCCCCCCCCC. The number of rotatable bonds is 83. The number of aliphatic hydroxyl groups excluding tert-OH is 1. The normalized spacial score (nSPS) is 13.8. The Kier molecular flexibility index (Phi) is 74.4. The Balaban J connectivity index is 5.22. The smallest absolute Gasteiger partial charge is 0.462 e. The minimum Gasteiger partial charge on any atom is -0.462 e. The lowest BCUT2D eigenvalue weighted by molar-refractivity contribution is -0.161. The summed E-state index contributed by atoms with van der Waals surface area (Å²) in [4.78, 5) is 73.1. The minimum atomic E-state index is -4.96. The molecule has 0 saturated carbocycles. The Bertz CT molecular complexity index is 1940. The summed E-state index contributed by atoms with van der Waals surface area (Å²) < 4.78 is 68.8. The van der Waals surface area contributed by atoms with Crippen LogP contribution >= 0.6 is 15.6 Å². The molecule has 0 heterocycles. The zero-order valence-corrected chi connectivity index (χ0v) is 68.5. The summed E-state index contributed by atoms with van der Waals surface area (Å²) >= 11 is 0. The van der Waals surface area contributed by atoms with Gasteiger partial charge in [-0.15, -0.1) is 0 Å². The molecule has 606 valence electrons. The van der Waals surface area contributed by atoms with Crippen molar-refractivity contribution in [1.29, 1.82) is 0 Å². The molecule has 0 amide bonds. The molecule has 0 saturated heterocycles. The number of carbonyl (C=O) groups excluding carboxylic acids is 4. The Morgan fingerprint density at radius 3 is 0.667 bits per heavy atom. The molecule has 0 aliphatic rings. The lowest BCUT2D eigenvalue weighted by Crippen LogP contribution is -2.30. The highest BCUT2D eigenvalue weighted by molar-refractivity contribution is 7.47. The van der Waals surface area contributed by atoms with Gasteiger partial charge >= 0.3 is 39.5 Å². The van der Waals surface area contributed by atoms with Crippen molar-refractivity contribution < 1.29 is 80.2 Å². The number of hydrogen-bond acceptors (Lipinski definition) is 15. The molecule has 0 bridgehead atoms. The third-order valence-electron chi connectivity index (χ3n) is 19.5. The molecule has 3 N–H and O–H groups in total. The van der Waals surface area contributed by atoms with Gasteiger partial charge in [0.25, 0.3) is 0 Å². The second kappa shape index (κ2) is 75.9. The van der Waals surface area contributed by atoms with Crippen LogP contribution in [0, 0.1) is 5.92 Å². The Morgan fingerprint density at radius 2 is 0.451 bits per heavy atom. The van der Waals surface area contributed by atoms with E-state index in [0.29, 0.717) is 25.7 Å². The minimum absolute atomic E-state index is 0.108. The Morgan fingerprint density at radius 1 is 0.265 bits per heavy atom. The van der Waals surface area contributed by atoms with Crippen molar-refractivity contribution in [2.45, 2.75) is 464 Å². The summed E-state index contributed by atoms with van der Waals surface area (Å²) in [7, 11) is -9.92. The van der Waals surface area contributed by atoms with E-state index in [4.69, 9.17) is 37.0 Å². The van der Waals surface area contributed by atoms with Crippen molar-refractivity contribution in [2.24, 2.45) is 5.92 Å². The summed E-state index contributed by atoms with van der Waals surface area (Å²) in [5.74, 6) is -1.30. The van der Waals surface area contributed by atoms with Crippen molar-refractivity contribution >= 4 is 39.5 Å². The maximum atomic E-state index is 13.1. The molecule has 0 aliphatic carbocycles. The van der Waals surface area contributed by atoms with E-state index < -0.39 is 97.5 Å². The molecule has 0 aromatic rings. The first kappa shape index (κ1) is 100. The van der Waals surface area contributed by atoms with E-state index in [1.807, 2.05) is 0 Å². The number of esters is 4. The second-order valence-electron chi connectivity index (χ2n) is 30.3. The van der Waals surface area contributed by atoms with Crippen molar-refractivity contribution in [3.63, 3.8) is 0 Å². The van der Waals surface area contributed by atoms with Gasteiger partial charge in [-0.25, -0.2) is 9.13 Å². The van der Waals surface area contributed by atoms with E-state index in [9.17, 15) is 43.2 Å². The molecule has 0 fully saturated rings. The van der Waals surface area contributed by atoms with E-state index >= 15 is 0 Å². The average molecular weight is 1490 g/mol. The molecular weight excluding hydrogens is 1330 g/mol. The van der Waals surface area contributed by atoms with Gasteiger partial charge in [-0.1, -0.05) is 394 Å². The standard InChI is InChI=1S/C83H162O17P2/c1-6-9-12-15-18-21-24-26-27-28-29-30-31-32-33-39-44-49-54-59-64-69-83(88)100-79(73-94-81(86)67-62-57-52-47-42-38-35-34-37-41-45-50-55-60-65-76(4)5)75-98-102(91,92)96-71-77(84)70-95-101(89,90)97-74-78(72-93-80(85)66-61-56-51-46-40-23-20-17-14-11-8-3)99-82(87)68-63-58-53-48-43-36-25-22-19-16-13-10-7-2/h76-79,84H,6-75H2,1-5H3,(H,89,90)(H,91,92)/t77-,78+,79+/m0/s1. The first-order chi connectivity index (χ1) is 49.5. The van der Waals surface area contributed by atoms with Crippen LogP contribution in [-0.2, 0) is 65.4 Å². The van der Waals surface area contributed by atoms with Crippen LogP contribution in [0.5, 0.6) is 0 Å². The third-order valence-corrected chi connectivity index (χ3v) is 21.4. The number of hydrogen-bond donors (Lipinski definition) is 3. The van der Waals surface area contributed by atoms with E-state index in [0.717, 1.165) is 95.8 Å². The van der Waals surface area contributed by atoms with Gasteiger partial charge in [-0.3, -0.25) is 37.3 Å². The Hall–Kier alpha value is -1.94. The van der Waals surface area contributed by atoms with Crippen molar-refractivity contribution in [2.75, 3.05) is 39.6 Å². The number of phosphoric acid groups is 2. The number of phosphoric ester groups is 2. The summed E-state index contributed by atoms with van der Waals surface area (Å²) in [5, 5.41) is 10.7. The van der Waals surface area contributed by atoms with E-state index in [-0.39, 0.29) is 25.7 Å². The second-order valence-corrected chi connectivity index (χ2v) is 33.3. The molecule has 0 spiro atoms. The Labute approximate surface area is 626 Å². The van der Waals surface area contributed by atoms with Crippen LogP contribution in [0.4, 0.5) is 0 Å². The van der Waals surface area contributed by atoms with Crippen LogP contribution in [0.1, 0.15) is 446 Å². The van der Waals surface area contributed by atoms with Crippen molar-refractivity contribution in [1.82, 2.24) is 0 Å². The van der Waals surface area contributed by atoms with Gasteiger partial charge in [0, 0.05) is 25.7 Å². The van der Waals surface area contributed by atoms with Crippen LogP contribution < -0.4 is 0 Å². The summed E-state index contributed by atoms with van der Waals surface area (Å²) in [6.07, 6.45) is 67.9. The largest absolute Gasteiger partial charge is 0.472 e. The fourth-order valence-corrected chi connectivity index (χ4v) is 14.5. The van der Waals surface area contributed by atoms with Gasteiger partial charge in [0.1, 0.15) is 19.3 Å². The van der Waals surface area contributed by atoms with Crippen LogP contribution in [-0.4, -0.2) is 96.7 Å². The lowest BCUT2D eigenvalue weighted by atomic mass is 10.0. The maximum absolute atomic E-state index is 13.1. The average Bonchev–Trinajstić information content (AvgIpc) is 0.931. The number of aliphatic hydroxyl groups is 1. The molecule has 102 heavy (non-hydrogen) atoms. The predicted octanol–water partition coefficient (Wildman–Crippen LogP) is 25.2. The molecule has 0 aliphatic heterocycles. The molecule has 0 aromatic heterocycles. The molecular formula is C83H162O17P2. The van der Waals surface area contributed by atoms with Gasteiger partial charge in [-0.05, 0) is 31.6 Å². The van der Waals surface area contributed by atoms with Gasteiger partial charge in [0.2, 0.25) is 0 Å². The van der Waals surface area contributed by atoms with Crippen LogP contribution in [0.2, 0.25) is 0 Å². The van der Waals surface area contributed by atoms with Crippen LogP contribution in [0.3, 0.4) is 0 Å². The first-order valence-corrected chi connectivity index (χ1v) is 46.1. The summed E-state index contributed by atoms with van der Waals surface area (Å²) in [5.41, 5.74) is 0. The van der Waals surface area contributed by atoms with E-state index in [1.54, 1.807) is 0 Å². The molecule has 0 aromatic carbocycles. The number of ether oxygens (including phenoxy) is 4. The number of unbranched alkanes of at least 4 members (excludes halogenated alkanes) is 55. The summed E-state index contributed by atoms with van der Waals surface area (Å²) in [6.45, 7) is 7.37. The molecule has 19 heteroatoms. The van der Waals surface area contributed by atoms with Crippen LogP contribution in [0.25, 0.3) is 0 Å². The van der Waals surface area contributed by atoms with Gasteiger partial charge in [0.15, 0.2) is 12.2 Å². The van der Waals surface area contributed by atoms with Gasteiger partial charge in [0.05, 0.1) is 26.4 Å². The summed E-state index contributed by atoms with van der Waals surface area (Å²) in [6, 6.07) is 0. The zero-order chi connectivity index (χ0) is 74.8. The quantitative estimate of drug-likeness (QED) is 0.0222. The molecule has 0 rings (SSSR count). The third kappa shape index (κ3) is 76.3. The molecule has 17 nitrogen and oxygen atoms in total. The fourth-order valence-electron chi connectivity index (χ4n) is 12.9. The van der Waals surface area contributed by atoms with Crippen LogP contribution in [0.15, 0.2) is 0 Å². The zero-order valence-electron chi connectivity index (χ0n) is 66.8. The maximum Gasteiger partial charge on any atom is 0.472 e. The molecule has 0 radical (unpaired) electrons.